The monoisotopic (exact) mass is 443 g/mol. The van der Waals surface area contributed by atoms with Crippen LogP contribution in [0.4, 0.5) is 4.39 Å². The highest BCUT2D eigenvalue weighted by Crippen LogP contribution is 2.37. The Morgan fingerprint density at radius 3 is 2.13 bits per heavy atom. The predicted octanol–water partition coefficient (Wildman–Crippen LogP) is 6.17. The fourth-order valence-electron chi connectivity index (χ4n) is 3.73. The lowest BCUT2D eigenvalue weighted by Gasteiger charge is -2.13. The van der Waals surface area contributed by atoms with E-state index in [4.69, 9.17) is 12.2 Å². The van der Waals surface area contributed by atoms with Crippen molar-refractivity contribution in [1.29, 1.82) is 0 Å². The lowest BCUT2D eigenvalue weighted by molar-refractivity contribution is -0.120. The van der Waals surface area contributed by atoms with E-state index in [1.54, 1.807) is 12.1 Å². The van der Waals surface area contributed by atoms with Gasteiger partial charge in [0.15, 0.2) is 4.32 Å². The topological polar surface area (TPSA) is 37.4 Å². The summed E-state index contributed by atoms with van der Waals surface area (Å²) >= 11 is 6.35. The Morgan fingerprint density at radius 2 is 1.48 bits per heavy atom. The van der Waals surface area contributed by atoms with Gasteiger partial charge in [0.2, 0.25) is 0 Å². The molecule has 0 atom stereocenters. The molecule has 4 aromatic carbocycles. The zero-order valence-electron chi connectivity index (χ0n) is 16.0. The van der Waals surface area contributed by atoms with Gasteiger partial charge in [0.05, 0.1) is 10.5 Å². The maximum Gasteiger partial charge on any atom is 0.273 e. The lowest BCUT2D eigenvalue weighted by atomic mass is 9.96. The van der Waals surface area contributed by atoms with Crippen LogP contribution in [0, 0.1) is 5.82 Å². The molecule has 150 valence electrons. The van der Waals surface area contributed by atoms with E-state index in [2.05, 4.69) is 6.07 Å². The molecule has 0 aliphatic carbocycles. The van der Waals surface area contributed by atoms with E-state index in [-0.39, 0.29) is 9.88 Å². The first-order valence-electron chi connectivity index (χ1n) is 9.52. The molecule has 0 N–H and O–H groups in total. The van der Waals surface area contributed by atoms with Crippen LogP contribution in [-0.2, 0) is 4.79 Å². The second-order valence-electron chi connectivity index (χ2n) is 7.03. The van der Waals surface area contributed by atoms with Crippen LogP contribution < -0.4 is 0 Å². The van der Waals surface area contributed by atoms with Crippen LogP contribution in [-0.4, -0.2) is 21.0 Å². The number of rotatable bonds is 2. The molecule has 5 rings (SSSR count). The first kappa shape index (κ1) is 19.6. The minimum Gasteiger partial charge on any atom is -0.268 e. The average Bonchev–Trinajstić information content (AvgIpc) is 3.06. The van der Waals surface area contributed by atoms with Gasteiger partial charge in [0.25, 0.3) is 11.8 Å². The van der Waals surface area contributed by atoms with Crippen LogP contribution >= 0.6 is 24.0 Å². The summed E-state index contributed by atoms with van der Waals surface area (Å²) in [7, 11) is 0. The Kier molecular flexibility index (Phi) is 4.88. The van der Waals surface area contributed by atoms with Crippen molar-refractivity contribution in [2.24, 2.45) is 0 Å². The number of fused-ring (bicyclic) bond motifs is 2. The maximum atomic E-state index is 14.1. The highest BCUT2D eigenvalue weighted by atomic mass is 32.2. The summed E-state index contributed by atoms with van der Waals surface area (Å²) in [6.07, 6.45) is 1.78. The molecular formula is C25H14FNO2S2. The summed E-state index contributed by atoms with van der Waals surface area (Å²) in [5, 5.41) is 4.08. The second-order valence-corrected chi connectivity index (χ2v) is 8.71. The summed E-state index contributed by atoms with van der Waals surface area (Å²) in [6.45, 7) is 0. The number of carbonyl (C=O) groups is 2. The molecule has 1 saturated heterocycles. The fourth-order valence-corrected chi connectivity index (χ4v) is 4.97. The Bertz CT molecular complexity index is 1390. The number of imide groups is 1. The third-order valence-corrected chi connectivity index (χ3v) is 6.49. The molecule has 1 fully saturated rings. The Morgan fingerprint density at radius 1 is 0.903 bits per heavy atom. The third kappa shape index (κ3) is 3.34. The minimum absolute atomic E-state index is 0.0917. The number of carbonyl (C=O) groups excluding carboxylic acids is 2. The van der Waals surface area contributed by atoms with Gasteiger partial charge in [0, 0.05) is 0 Å². The number of hydrogen-bond donors (Lipinski definition) is 0. The molecule has 1 aliphatic rings. The van der Waals surface area contributed by atoms with E-state index in [1.165, 1.54) is 18.2 Å². The molecule has 0 unspecified atom stereocenters. The van der Waals surface area contributed by atoms with Crippen LogP contribution in [0.15, 0.2) is 83.8 Å². The number of halogens is 1. The first-order chi connectivity index (χ1) is 15.0. The van der Waals surface area contributed by atoms with Gasteiger partial charge in [-0.25, -0.2) is 9.29 Å². The van der Waals surface area contributed by atoms with E-state index in [0.29, 0.717) is 4.91 Å². The quantitative estimate of drug-likeness (QED) is 0.161. The number of hydrogen-bond acceptors (Lipinski definition) is 4. The summed E-state index contributed by atoms with van der Waals surface area (Å²) < 4.78 is 14.2. The van der Waals surface area contributed by atoms with Crippen molar-refractivity contribution in [3.63, 3.8) is 0 Å². The van der Waals surface area contributed by atoms with Crippen molar-refractivity contribution in [1.82, 2.24) is 4.90 Å². The normalized spacial score (nSPS) is 15.4. The van der Waals surface area contributed by atoms with Crippen molar-refractivity contribution in [3.05, 3.63) is 101 Å². The summed E-state index contributed by atoms with van der Waals surface area (Å²) in [5.74, 6) is -1.99. The molecule has 0 bridgehead atoms. The fraction of sp³-hybridized carbons (Fsp3) is 0. The maximum absolute atomic E-state index is 14.1. The summed E-state index contributed by atoms with van der Waals surface area (Å²) in [5.41, 5.74) is 0.697. The van der Waals surface area contributed by atoms with Crippen molar-refractivity contribution in [2.75, 3.05) is 0 Å². The number of benzene rings is 4. The highest BCUT2D eigenvalue weighted by molar-refractivity contribution is 8.26. The van der Waals surface area contributed by atoms with Gasteiger partial charge in [-0.3, -0.25) is 9.59 Å². The molecule has 0 spiro atoms. The Labute approximate surface area is 187 Å². The van der Waals surface area contributed by atoms with Crippen molar-refractivity contribution >= 4 is 67.7 Å². The van der Waals surface area contributed by atoms with E-state index < -0.39 is 17.6 Å². The zero-order valence-corrected chi connectivity index (χ0v) is 17.7. The average molecular weight is 444 g/mol. The molecular weight excluding hydrogens is 429 g/mol. The van der Waals surface area contributed by atoms with Gasteiger partial charge in [0.1, 0.15) is 5.82 Å². The molecule has 31 heavy (non-hydrogen) atoms. The van der Waals surface area contributed by atoms with Gasteiger partial charge in [-0.05, 0) is 51.4 Å². The molecule has 2 amide bonds. The van der Waals surface area contributed by atoms with Crippen molar-refractivity contribution < 1.29 is 14.0 Å². The van der Waals surface area contributed by atoms with Crippen LogP contribution in [0.3, 0.4) is 0 Å². The predicted molar refractivity (Wildman–Crippen MR) is 127 cm³/mol. The van der Waals surface area contributed by atoms with Gasteiger partial charge in [-0.15, -0.1) is 0 Å². The van der Waals surface area contributed by atoms with Crippen LogP contribution in [0.1, 0.15) is 15.9 Å². The third-order valence-electron chi connectivity index (χ3n) is 5.19. The van der Waals surface area contributed by atoms with E-state index in [9.17, 15) is 14.0 Å². The Hall–Kier alpha value is -3.35. The molecule has 1 aliphatic heterocycles. The Balaban J connectivity index is 1.63. The van der Waals surface area contributed by atoms with Gasteiger partial charge in [-0.1, -0.05) is 84.6 Å². The van der Waals surface area contributed by atoms with E-state index in [1.807, 2.05) is 48.5 Å². The molecule has 6 heteroatoms. The minimum atomic E-state index is -0.758. The number of nitrogens with zero attached hydrogens (tertiary/aromatic N) is 1. The van der Waals surface area contributed by atoms with Crippen LogP contribution in [0.2, 0.25) is 0 Å². The van der Waals surface area contributed by atoms with E-state index in [0.717, 1.165) is 43.8 Å². The van der Waals surface area contributed by atoms with Crippen molar-refractivity contribution in [3.8, 4) is 0 Å². The van der Waals surface area contributed by atoms with Gasteiger partial charge < -0.3 is 0 Å². The second kappa shape index (κ2) is 7.72. The zero-order chi connectivity index (χ0) is 21.5. The SMILES string of the molecule is O=C1C(=Cc2c3ccccc3cc3ccccc23)SC(=S)N1C(=O)c1ccccc1F. The summed E-state index contributed by atoms with van der Waals surface area (Å²) in [4.78, 5) is 27.2. The van der Waals surface area contributed by atoms with E-state index >= 15 is 0 Å². The molecule has 4 aromatic rings. The smallest absolute Gasteiger partial charge is 0.268 e. The number of amides is 2. The lowest BCUT2D eigenvalue weighted by Crippen LogP contribution is -2.35. The molecule has 3 nitrogen and oxygen atoms in total. The number of thiocarbonyl (C=S) groups is 1. The largest absolute Gasteiger partial charge is 0.273 e. The summed E-state index contributed by atoms with van der Waals surface area (Å²) in [6, 6.07) is 23.5. The molecule has 0 saturated carbocycles. The molecule has 1 heterocycles. The van der Waals surface area contributed by atoms with Crippen molar-refractivity contribution in [2.45, 2.75) is 0 Å². The molecule has 0 radical (unpaired) electrons. The standard InChI is InChI=1S/C25H14FNO2S2/c26-21-12-6-5-11-19(21)23(28)27-24(29)22(31-25(27)30)14-20-17-9-3-1-7-15(17)13-16-8-2-4-10-18(16)20/h1-14H. The van der Waals surface area contributed by atoms with Crippen LogP contribution in [0.5, 0.6) is 0 Å². The molecule has 0 aromatic heterocycles. The highest BCUT2D eigenvalue weighted by Gasteiger charge is 2.38. The first-order valence-corrected chi connectivity index (χ1v) is 10.7. The van der Waals surface area contributed by atoms with Crippen LogP contribution in [0.25, 0.3) is 27.6 Å². The van der Waals surface area contributed by atoms with Gasteiger partial charge in [-0.2, -0.15) is 0 Å². The number of thioether (sulfide) groups is 1. The van der Waals surface area contributed by atoms with Gasteiger partial charge >= 0.3 is 0 Å².